The molecule has 4 fully saturated rings. The van der Waals surface area contributed by atoms with Gasteiger partial charge in [-0.3, -0.25) is 9.59 Å². The molecule has 2 aromatic heterocycles. The summed E-state index contributed by atoms with van der Waals surface area (Å²) in [5.74, 6) is 0.375. The second kappa shape index (κ2) is 9.49. The number of nitrogens with zero attached hydrogens (tertiary/aromatic N) is 5. The summed E-state index contributed by atoms with van der Waals surface area (Å²) in [6, 6.07) is 3.60. The number of hydrogen-bond acceptors (Lipinski definition) is 10. The molecule has 5 N–H and O–H groups in total. The molecule has 1 aliphatic heterocycles. The van der Waals surface area contributed by atoms with Gasteiger partial charge in [0, 0.05) is 37.4 Å². The summed E-state index contributed by atoms with van der Waals surface area (Å²) in [5.41, 5.74) is 12.3. The van der Waals surface area contributed by atoms with E-state index in [1.807, 2.05) is 17.9 Å². The molecule has 2 amide bonds. The highest BCUT2D eigenvalue weighted by atomic mass is 16.5. The third kappa shape index (κ3) is 4.77. The summed E-state index contributed by atoms with van der Waals surface area (Å²) < 4.78 is 11.0. The van der Waals surface area contributed by atoms with Crippen molar-refractivity contribution < 1.29 is 19.1 Å². The van der Waals surface area contributed by atoms with Gasteiger partial charge in [0.05, 0.1) is 12.3 Å². The third-order valence-corrected chi connectivity index (χ3v) is 7.31. The maximum atomic E-state index is 13.0. The molecule has 12 nitrogen and oxygen atoms in total. The zero-order valence-electron chi connectivity index (χ0n) is 20.6. The number of rotatable bonds is 9. The number of nitrogen functional groups attached to an aromatic ring is 1. The minimum atomic E-state index is -0.642. The van der Waals surface area contributed by atoms with Crippen molar-refractivity contribution in [2.24, 2.45) is 11.7 Å². The van der Waals surface area contributed by atoms with Crippen LogP contribution in [-0.2, 0) is 4.74 Å². The summed E-state index contributed by atoms with van der Waals surface area (Å²) in [4.78, 5) is 44.4. The van der Waals surface area contributed by atoms with E-state index in [2.05, 4.69) is 25.3 Å². The van der Waals surface area contributed by atoms with Crippen LogP contribution in [0.2, 0.25) is 0 Å². The number of piperidine rings is 1. The number of carbonyl (C=O) groups excluding carboxylic acids is 2. The van der Waals surface area contributed by atoms with E-state index in [0.29, 0.717) is 25.6 Å². The number of methoxy groups -OCH3 is 1. The van der Waals surface area contributed by atoms with Crippen molar-refractivity contribution in [2.75, 3.05) is 37.4 Å². The van der Waals surface area contributed by atoms with E-state index in [1.165, 1.54) is 0 Å². The Hall–Kier alpha value is -3.54. The Kier molecular flexibility index (Phi) is 6.37. The average molecular weight is 497 g/mol. The molecular weight excluding hydrogens is 464 g/mol. The maximum absolute atomic E-state index is 13.0. The van der Waals surface area contributed by atoms with Gasteiger partial charge in [0.2, 0.25) is 11.8 Å². The van der Waals surface area contributed by atoms with Crippen LogP contribution in [0.1, 0.15) is 71.7 Å². The van der Waals surface area contributed by atoms with Crippen LogP contribution < -0.4 is 26.4 Å². The lowest BCUT2D eigenvalue weighted by Gasteiger charge is -2.61. The third-order valence-electron chi connectivity index (χ3n) is 7.31. The first-order valence-electron chi connectivity index (χ1n) is 12.3. The Balaban J connectivity index is 1.32. The van der Waals surface area contributed by atoms with E-state index in [9.17, 15) is 9.59 Å². The van der Waals surface area contributed by atoms with E-state index in [1.54, 1.807) is 13.2 Å². The Bertz CT molecular complexity index is 1150. The first kappa shape index (κ1) is 24.2. The van der Waals surface area contributed by atoms with Gasteiger partial charge in [0.15, 0.2) is 5.69 Å². The molecule has 3 saturated carbocycles. The van der Waals surface area contributed by atoms with Crippen LogP contribution in [0.15, 0.2) is 12.1 Å². The Morgan fingerprint density at radius 3 is 2.50 bits per heavy atom. The minimum Gasteiger partial charge on any atom is -0.458 e. The number of amides is 2. The van der Waals surface area contributed by atoms with Gasteiger partial charge >= 0.3 is 6.01 Å². The standard InChI is InChI=1S/C24H32N8O4/c1-13(12-35-2)36-23-29-20(21(34)31-24-9-14(10-24)11-24)28-22(30-23)32-7-5-15(6-8-32)17-4-3-16(25)18(27-17)19(26)33/h3-4,13-15H,5-12,25H2,1-2H3,(H2,26,33)(H,31,34)/t13-,14?,24?/m1/s1. The Morgan fingerprint density at radius 1 is 1.17 bits per heavy atom. The number of primary amides is 1. The number of ether oxygens (including phenoxy) is 2. The van der Waals surface area contributed by atoms with Gasteiger partial charge in [-0.05, 0) is 57.1 Å². The lowest BCUT2D eigenvalue weighted by atomic mass is 9.50. The van der Waals surface area contributed by atoms with Crippen LogP contribution in [0.3, 0.4) is 0 Å². The van der Waals surface area contributed by atoms with Crippen molar-refractivity contribution in [2.45, 2.75) is 56.6 Å². The number of nitrogens with one attached hydrogen (secondary N) is 1. The molecule has 12 heteroatoms. The van der Waals surface area contributed by atoms with Crippen molar-refractivity contribution in [3.05, 3.63) is 29.3 Å². The number of hydrogen-bond donors (Lipinski definition) is 3. The number of aromatic nitrogens is 4. The fraction of sp³-hybridized carbons (Fsp3) is 0.583. The summed E-state index contributed by atoms with van der Waals surface area (Å²) in [5, 5.41) is 3.11. The van der Waals surface area contributed by atoms with E-state index < -0.39 is 5.91 Å². The molecule has 1 saturated heterocycles. The fourth-order valence-electron chi connectivity index (χ4n) is 5.30. The molecule has 2 bridgehead atoms. The van der Waals surface area contributed by atoms with E-state index >= 15 is 0 Å². The fourth-order valence-corrected chi connectivity index (χ4v) is 5.30. The average Bonchev–Trinajstić information content (AvgIpc) is 2.80. The molecular formula is C24H32N8O4. The predicted octanol–water partition coefficient (Wildman–Crippen LogP) is 1.03. The SMILES string of the molecule is COC[C@@H](C)Oc1nc(C(=O)NC23CC(C2)C3)nc(N2CCC(c3ccc(N)c(C(N)=O)n3)CC2)n1. The van der Waals surface area contributed by atoms with Crippen LogP contribution in [0.25, 0.3) is 0 Å². The number of anilines is 2. The van der Waals surface area contributed by atoms with Gasteiger partial charge in [-0.25, -0.2) is 4.98 Å². The quantitative estimate of drug-likeness (QED) is 0.455. The molecule has 192 valence electrons. The highest BCUT2D eigenvalue weighted by molar-refractivity contribution is 5.95. The van der Waals surface area contributed by atoms with Crippen LogP contribution in [0.5, 0.6) is 6.01 Å². The monoisotopic (exact) mass is 496 g/mol. The number of carbonyl (C=O) groups is 2. The van der Waals surface area contributed by atoms with Crippen molar-refractivity contribution >= 4 is 23.5 Å². The van der Waals surface area contributed by atoms with Crippen molar-refractivity contribution in [1.82, 2.24) is 25.3 Å². The van der Waals surface area contributed by atoms with E-state index in [-0.39, 0.29) is 46.7 Å². The molecule has 1 atom stereocenters. The largest absolute Gasteiger partial charge is 0.458 e. The summed E-state index contributed by atoms with van der Waals surface area (Å²) >= 11 is 0. The first-order chi connectivity index (χ1) is 17.2. The highest BCUT2D eigenvalue weighted by Gasteiger charge is 2.57. The predicted molar refractivity (Wildman–Crippen MR) is 131 cm³/mol. The maximum Gasteiger partial charge on any atom is 0.322 e. The van der Waals surface area contributed by atoms with Crippen molar-refractivity contribution in [3.8, 4) is 6.01 Å². The molecule has 36 heavy (non-hydrogen) atoms. The summed E-state index contributed by atoms with van der Waals surface area (Å²) in [7, 11) is 1.59. The van der Waals surface area contributed by atoms with Gasteiger partial charge in [-0.15, -0.1) is 0 Å². The van der Waals surface area contributed by atoms with Gasteiger partial charge in [-0.2, -0.15) is 15.0 Å². The van der Waals surface area contributed by atoms with E-state index in [0.717, 1.165) is 43.7 Å². The van der Waals surface area contributed by atoms with Crippen LogP contribution in [-0.4, -0.2) is 70.2 Å². The van der Waals surface area contributed by atoms with Crippen LogP contribution in [0, 0.1) is 5.92 Å². The second-order valence-corrected chi connectivity index (χ2v) is 10.1. The zero-order chi connectivity index (χ0) is 25.4. The van der Waals surface area contributed by atoms with Gasteiger partial charge in [0.25, 0.3) is 11.8 Å². The Labute approximate surface area is 209 Å². The molecule has 3 aliphatic carbocycles. The normalized spacial score (nSPS) is 23.8. The van der Waals surface area contributed by atoms with Gasteiger partial charge < -0.3 is 31.2 Å². The lowest BCUT2D eigenvalue weighted by molar-refractivity contribution is -0.0441. The number of pyridine rings is 1. The molecule has 0 unspecified atom stereocenters. The molecule has 0 radical (unpaired) electrons. The van der Waals surface area contributed by atoms with Gasteiger partial charge in [-0.1, -0.05) is 0 Å². The molecule has 0 aromatic carbocycles. The minimum absolute atomic E-state index is 0.0535. The highest BCUT2D eigenvalue weighted by Crippen LogP contribution is 2.56. The second-order valence-electron chi connectivity index (χ2n) is 10.1. The molecule has 0 spiro atoms. The van der Waals surface area contributed by atoms with E-state index in [4.69, 9.17) is 20.9 Å². The molecule has 2 aromatic rings. The first-order valence-corrected chi connectivity index (χ1v) is 12.3. The molecule has 4 aliphatic rings. The van der Waals surface area contributed by atoms with Crippen molar-refractivity contribution in [1.29, 1.82) is 0 Å². The molecule has 6 rings (SSSR count). The smallest absolute Gasteiger partial charge is 0.322 e. The Morgan fingerprint density at radius 2 is 1.89 bits per heavy atom. The summed E-state index contributed by atoms with van der Waals surface area (Å²) in [6.45, 7) is 3.47. The van der Waals surface area contributed by atoms with Crippen molar-refractivity contribution in [3.63, 3.8) is 0 Å². The lowest BCUT2D eigenvalue weighted by Crippen LogP contribution is -2.68. The van der Waals surface area contributed by atoms with Crippen LogP contribution >= 0.6 is 0 Å². The van der Waals surface area contributed by atoms with Crippen LogP contribution in [0.4, 0.5) is 11.6 Å². The number of nitrogens with two attached hydrogens (primary N) is 2. The zero-order valence-corrected chi connectivity index (χ0v) is 20.6. The molecule has 3 heterocycles. The summed E-state index contributed by atoms with van der Waals surface area (Å²) in [6.07, 6.45) is 4.28. The van der Waals surface area contributed by atoms with Gasteiger partial charge in [0.1, 0.15) is 6.10 Å². The topological polar surface area (TPSA) is 171 Å².